The van der Waals surface area contributed by atoms with Crippen molar-refractivity contribution >= 4 is 17.8 Å². The molecule has 0 unspecified atom stereocenters. The third kappa shape index (κ3) is 2.78. The second-order valence-corrected chi connectivity index (χ2v) is 1.29. The number of carbonyl (C=O) groups excluding carboxylic acids is 3. The standard InChI is InChI=1S/C4H5NO5/c5-4(9)10-3(8)2(7)1-6/h6H,1H2,(H2,5,9). The van der Waals surface area contributed by atoms with Gasteiger partial charge in [-0.3, -0.25) is 4.79 Å². The van der Waals surface area contributed by atoms with E-state index in [1.165, 1.54) is 0 Å². The molecule has 0 rings (SSSR count). The fourth-order valence-corrected chi connectivity index (χ4v) is 0.213. The van der Waals surface area contributed by atoms with E-state index in [0.29, 0.717) is 0 Å². The molecule has 10 heavy (non-hydrogen) atoms. The minimum absolute atomic E-state index is 0.994. The van der Waals surface area contributed by atoms with Crippen LogP contribution in [0.3, 0.4) is 0 Å². The van der Waals surface area contributed by atoms with Crippen LogP contribution in [-0.2, 0) is 14.3 Å². The molecule has 0 saturated heterocycles. The van der Waals surface area contributed by atoms with Gasteiger partial charge in [0.1, 0.15) is 6.61 Å². The number of hydrogen-bond donors (Lipinski definition) is 2. The highest BCUT2D eigenvalue weighted by Crippen LogP contribution is 1.79. The topological polar surface area (TPSA) is 107 Å². The van der Waals surface area contributed by atoms with Crippen LogP contribution in [0.25, 0.3) is 0 Å². The van der Waals surface area contributed by atoms with Gasteiger partial charge in [0.25, 0.3) is 5.78 Å². The highest BCUT2D eigenvalue weighted by atomic mass is 16.6. The van der Waals surface area contributed by atoms with E-state index in [1.54, 1.807) is 0 Å². The molecule has 6 nitrogen and oxygen atoms in total. The van der Waals surface area contributed by atoms with Crippen molar-refractivity contribution in [2.45, 2.75) is 0 Å². The molecule has 0 bridgehead atoms. The molecule has 0 spiro atoms. The predicted octanol–water partition coefficient (Wildman–Crippen LogP) is -1.83. The molecule has 0 heterocycles. The van der Waals surface area contributed by atoms with Crippen LogP contribution in [0.15, 0.2) is 0 Å². The van der Waals surface area contributed by atoms with Crippen LogP contribution in [0.2, 0.25) is 0 Å². The zero-order valence-corrected chi connectivity index (χ0v) is 4.86. The maximum Gasteiger partial charge on any atom is 0.412 e. The van der Waals surface area contributed by atoms with Crippen LogP contribution in [-0.4, -0.2) is 29.6 Å². The Morgan fingerprint density at radius 1 is 1.40 bits per heavy atom. The van der Waals surface area contributed by atoms with Crippen LogP contribution < -0.4 is 5.73 Å². The summed E-state index contributed by atoms with van der Waals surface area (Å²) in [5.74, 6) is -2.66. The molecule has 6 heteroatoms. The highest BCUT2D eigenvalue weighted by molar-refractivity contribution is 6.35. The molecule has 0 atom stereocenters. The number of rotatable bonds is 2. The first kappa shape index (κ1) is 8.57. The van der Waals surface area contributed by atoms with E-state index >= 15 is 0 Å². The van der Waals surface area contributed by atoms with Gasteiger partial charge >= 0.3 is 12.1 Å². The van der Waals surface area contributed by atoms with E-state index in [1.807, 2.05) is 0 Å². The Morgan fingerprint density at radius 3 is 2.20 bits per heavy atom. The van der Waals surface area contributed by atoms with Gasteiger partial charge in [-0.25, -0.2) is 9.59 Å². The first-order chi connectivity index (χ1) is 4.57. The second kappa shape index (κ2) is 3.57. The lowest BCUT2D eigenvalue weighted by atomic mass is 10.4. The molecule has 0 aliphatic carbocycles. The molecule has 0 aliphatic heterocycles. The summed E-state index contributed by atoms with van der Waals surface area (Å²) in [6.45, 7) is -0.994. The third-order valence-electron chi connectivity index (χ3n) is 0.565. The van der Waals surface area contributed by atoms with Gasteiger partial charge in [0.2, 0.25) is 0 Å². The van der Waals surface area contributed by atoms with Gasteiger partial charge in [0, 0.05) is 0 Å². The number of aliphatic hydroxyl groups is 1. The first-order valence-electron chi connectivity index (χ1n) is 2.23. The number of ketones is 1. The predicted molar refractivity (Wildman–Crippen MR) is 27.8 cm³/mol. The smallest absolute Gasteiger partial charge is 0.388 e. The highest BCUT2D eigenvalue weighted by Gasteiger charge is 2.15. The van der Waals surface area contributed by atoms with E-state index in [2.05, 4.69) is 10.5 Å². The van der Waals surface area contributed by atoms with Crippen molar-refractivity contribution < 1.29 is 24.2 Å². The molecular formula is C4H5NO5. The Balaban J connectivity index is 3.86. The van der Waals surface area contributed by atoms with Crippen LogP contribution in [0.4, 0.5) is 4.79 Å². The van der Waals surface area contributed by atoms with E-state index in [0.717, 1.165) is 0 Å². The van der Waals surface area contributed by atoms with Gasteiger partial charge < -0.3 is 15.6 Å². The molecule has 0 fully saturated rings. The molecule has 0 aliphatic rings. The van der Waals surface area contributed by atoms with Crippen LogP contribution in [0, 0.1) is 0 Å². The van der Waals surface area contributed by atoms with Crippen molar-refractivity contribution in [2.24, 2.45) is 5.73 Å². The molecule has 0 aromatic heterocycles. The Hall–Kier alpha value is -1.43. The van der Waals surface area contributed by atoms with E-state index in [9.17, 15) is 14.4 Å². The fourth-order valence-electron chi connectivity index (χ4n) is 0.213. The van der Waals surface area contributed by atoms with E-state index in [4.69, 9.17) is 5.11 Å². The molecular weight excluding hydrogens is 142 g/mol. The lowest BCUT2D eigenvalue weighted by Crippen LogP contribution is -2.26. The summed E-state index contributed by atoms with van der Waals surface area (Å²) >= 11 is 0. The molecule has 0 saturated carbocycles. The average Bonchev–Trinajstić information content (AvgIpc) is 1.85. The van der Waals surface area contributed by atoms with Gasteiger partial charge in [-0.05, 0) is 0 Å². The number of nitrogens with two attached hydrogens (primary N) is 1. The lowest BCUT2D eigenvalue weighted by molar-refractivity contribution is -0.150. The van der Waals surface area contributed by atoms with Crippen LogP contribution in [0.5, 0.6) is 0 Å². The van der Waals surface area contributed by atoms with E-state index < -0.39 is 24.5 Å². The summed E-state index contributed by atoms with van der Waals surface area (Å²) in [5, 5.41) is 8.02. The lowest BCUT2D eigenvalue weighted by Gasteiger charge is -1.93. The van der Waals surface area contributed by atoms with Crippen molar-refractivity contribution in [3.63, 3.8) is 0 Å². The number of ether oxygens (including phenoxy) is 1. The van der Waals surface area contributed by atoms with Crippen LogP contribution >= 0.6 is 0 Å². The average molecular weight is 147 g/mol. The van der Waals surface area contributed by atoms with Gasteiger partial charge in [-0.2, -0.15) is 0 Å². The zero-order chi connectivity index (χ0) is 8.15. The van der Waals surface area contributed by atoms with Crippen molar-refractivity contribution in [3.8, 4) is 0 Å². The fraction of sp³-hybridized carbons (Fsp3) is 0.250. The number of esters is 1. The summed E-state index contributed by atoms with van der Waals surface area (Å²) in [6.07, 6.45) is -1.37. The maximum absolute atomic E-state index is 10.2. The number of aliphatic hydroxyl groups excluding tert-OH is 1. The van der Waals surface area contributed by atoms with Crippen molar-refractivity contribution in [1.29, 1.82) is 0 Å². The maximum atomic E-state index is 10.2. The molecule has 0 radical (unpaired) electrons. The minimum atomic E-state index is -1.45. The molecule has 3 N–H and O–H groups in total. The Morgan fingerprint density at radius 2 is 1.90 bits per heavy atom. The number of Topliss-reactive ketones (excluding diaryl/α,β-unsaturated/α-hetero) is 1. The summed E-state index contributed by atoms with van der Waals surface area (Å²) in [7, 11) is 0. The summed E-state index contributed by atoms with van der Waals surface area (Å²) in [6, 6.07) is 0. The van der Waals surface area contributed by atoms with Crippen LogP contribution in [0.1, 0.15) is 0 Å². The Kier molecular flexibility index (Phi) is 3.06. The summed E-state index contributed by atoms with van der Waals surface area (Å²) < 4.78 is 3.59. The molecule has 1 amide bonds. The first-order valence-corrected chi connectivity index (χ1v) is 2.23. The normalized spacial score (nSPS) is 8.50. The van der Waals surface area contributed by atoms with Crippen molar-refractivity contribution in [1.82, 2.24) is 0 Å². The molecule has 0 aromatic rings. The summed E-state index contributed by atoms with van der Waals surface area (Å²) in [5.41, 5.74) is 4.37. The minimum Gasteiger partial charge on any atom is -0.388 e. The van der Waals surface area contributed by atoms with Crippen molar-refractivity contribution in [2.75, 3.05) is 6.61 Å². The summed E-state index contributed by atoms with van der Waals surface area (Å²) in [4.78, 5) is 30.0. The molecule has 0 aromatic carbocycles. The SMILES string of the molecule is NC(=O)OC(=O)C(=O)CO. The van der Waals surface area contributed by atoms with Gasteiger partial charge in [0.05, 0.1) is 0 Å². The number of carbonyl (C=O) groups is 3. The zero-order valence-electron chi connectivity index (χ0n) is 4.86. The Bertz CT molecular complexity index is 174. The number of primary amides is 1. The van der Waals surface area contributed by atoms with Gasteiger partial charge in [-0.1, -0.05) is 0 Å². The van der Waals surface area contributed by atoms with E-state index in [-0.39, 0.29) is 0 Å². The third-order valence-corrected chi connectivity index (χ3v) is 0.565. The Labute approximate surface area is 55.6 Å². The quantitative estimate of drug-likeness (QED) is 0.271. The van der Waals surface area contributed by atoms with Crippen molar-refractivity contribution in [3.05, 3.63) is 0 Å². The monoisotopic (exact) mass is 147 g/mol. The number of amides is 1. The largest absolute Gasteiger partial charge is 0.412 e. The second-order valence-electron chi connectivity index (χ2n) is 1.29. The van der Waals surface area contributed by atoms with Gasteiger partial charge in [0.15, 0.2) is 0 Å². The molecule has 56 valence electrons. The number of hydrogen-bond acceptors (Lipinski definition) is 5. The van der Waals surface area contributed by atoms with Gasteiger partial charge in [-0.15, -0.1) is 0 Å².